The van der Waals surface area contributed by atoms with Gasteiger partial charge in [-0.2, -0.15) is 0 Å². The minimum atomic E-state index is -0.822. The number of hydrogen-bond acceptors (Lipinski definition) is 2. The van der Waals surface area contributed by atoms with E-state index in [-0.39, 0.29) is 5.91 Å². The Morgan fingerprint density at radius 2 is 2.00 bits per heavy atom. The van der Waals surface area contributed by atoms with Crippen molar-refractivity contribution in [3.05, 3.63) is 0 Å². The summed E-state index contributed by atoms with van der Waals surface area (Å²) in [7, 11) is 0. The molecule has 0 aromatic rings. The van der Waals surface area contributed by atoms with E-state index in [0.29, 0.717) is 6.54 Å². The monoisotopic (exact) mass is 171 g/mol. The molecule has 4 nitrogen and oxygen atoms in total. The first-order chi connectivity index (χ1) is 5.37. The molecule has 0 aliphatic carbocycles. The van der Waals surface area contributed by atoms with Crippen molar-refractivity contribution in [2.45, 2.75) is 26.3 Å². The highest BCUT2D eigenvalue weighted by molar-refractivity contribution is 5.81. The van der Waals surface area contributed by atoms with Crippen LogP contribution in [0.4, 0.5) is 0 Å². The maximum Gasteiger partial charge on any atom is 0.310 e. The molecule has 1 saturated heterocycles. The summed E-state index contributed by atoms with van der Waals surface area (Å²) < 4.78 is 0. The summed E-state index contributed by atoms with van der Waals surface area (Å²) in [5, 5.41) is 8.73. The minimum Gasteiger partial charge on any atom is -0.481 e. The lowest BCUT2D eigenvalue weighted by molar-refractivity contribution is -0.168. The molecule has 1 aliphatic heterocycles. The molecule has 1 N–H and O–H groups in total. The van der Waals surface area contributed by atoms with E-state index in [4.69, 9.17) is 5.11 Å². The number of rotatable bonds is 1. The van der Waals surface area contributed by atoms with Crippen LogP contribution in [0, 0.1) is 5.92 Å². The van der Waals surface area contributed by atoms with Crippen molar-refractivity contribution in [1.29, 1.82) is 0 Å². The van der Waals surface area contributed by atoms with Crippen LogP contribution in [0.15, 0.2) is 0 Å². The summed E-state index contributed by atoms with van der Waals surface area (Å²) in [6.45, 7) is 5.35. The molecule has 0 saturated carbocycles. The van der Waals surface area contributed by atoms with Gasteiger partial charge in [0, 0.05) is 13.5 Å². The van der Waals surface area contributed by atoms with Gasteiger partial charge in [0.15, 0.2) is 0 Å². The molecule has 1 rings (SSSR count). The molecule has 1 atom stereocenters. The average molecular weight is 171 g/mol. The Morgan fingerprint density at radius 3 is 2.25 bits per heavy atom. The van der Waals surface area contributed by atoms with Crippen molar-refractivity contribution in [3.63, 3.8) is 0 Å². The normalized spacial score (nSPS) is 26.2. The Kier molecular flexibility index (Phi) is 1.86. The number of carbonyl (C=O) groups excluding carboxylic acids is 1. The largest absolute Gasteiger partial charge is 0.481 e. The second-order valence-electron chi connectivity index (χ2n) is 3.67. The fraction of sp³-hybridized carbons (Fsp3) is 0.750. The number of carboxylic acids is 1. The predicted octanol–water partition coefficient (Wildman–Crippen LogP) is 0.328. The van der Waals surface area contributed by atoms with Crippen molar-refractivity contribution in [2.24, 2.45) is 5.92 Å². The standard InChI is InChI=1S/C8H13NO3/c1-5(10)9-4-6(7(11)12)8(9,2)3/h6H,4H2,1-3H3,(H,11,12). The summed E-state index contributed by atoms with van der Waals surface area (Å²) in [6, 6.07) is 0. The van der Waals surface area contributed by atoms with Crippen LogP contribution in [0.1, 0.15) is 20.8 Å². The molecular formula is C8H13NO3. The Balaban J connectivity index is 2.72. The van der Waals surface area contributed by atoms with Gasteiger partial charge < -0.3 is 10.0 Å². The van der Waals surface area contributed by atoms with Crippen LogP contribution in [0.25, 0.3) is 0 Å². The maximum absolute atomic E-state index is 10.9. The van der Waals surface area contributed by atoms with Crippen molar-refractivity contribution in [1.82, 2.24) is 4.90 Å². The Bertz CT molecular complexity index is 212. The third-order valence-electron chi connectivity index (χ3n) is 2.59. The first kappa shape index (κ1) is 9.03. The second kappa shape index (κ2) is 2.47. The van der Waals surface area contributed by atoms with Crippen LogP contribution >= 0.6 is 0 Å². The number of carbonyl (C=O) groups is 2. The highest BCUT2D eigenvalue weighted by Crippen LogP contribution is 2.35. The fourth-order valence-electron chi connectivity index (χ4n) is 1.63. The van der Waals surface area contributed by atoms with Gasteiger partial charge in [-0.05, 0) is 13.8 Å². The molecule has 0 radical (unpaired) electrons. The van der Waals surface area contributed by atoms with E-state index < -0.39 is 17.4 Å². The molecule has 1 heterocycles. The van der Waals surface area contributed by atoms with Crippen LogP contribution in [0.3, 0.4) is 0 Å². The Morgan fingerprint density at radius 1 is 1.50 bits per heavy atom. The van der Waals surface area contributed by atoms with Crippen LogP contribution in [0.2, 0.25) is 0 Å². The average Bonchev–Trinajstić information content (AvgIpc) is 1.83. The lowest BCUT2D eigenvalue weighted by Crippen LogP contribution is -2.67. The first-order valence-electron chi connectivity index (χ1n) is 3.88. The molecule has 12 heavy (non-hydrogen) atoms. The van der Waals surface area contributed by atoms with Crippen molar-refractivity contribution in [3.8, 4) is 0 Å². The number of carboxylic acid groups (broad SMARTS) is 1. The highest BCUT2D eigenvalue weighted by atomic mass is 16.4. The van der Waals surface area contributed by atoms with E-state index in [9.17, 15) is 9.59 Å². The van der Waals surface area contributed by atoms with Crippen LogP contribution in [-0.2, 0) is 9.59 Å². The quantitative estimate of drug-likeness (QED) is 0.618. The maximum atomic E-state index is 10.9. The third kappa shape index (κ3) is 1.07. The molecule has 1 unspecified atom stereocenters. The number of aliphatic carboxylic acids is 1. The smallest absolute Gasteiger partial charge is 0.310 e. The van der Waals surface area contributed by atoms with E-state index >= 15 is 0 Å². The van der Waals surface area contributed by atoms with Gasteiger partial charge >= 0.3 is 5.97 Å². The second-order valence-corrected chi connectivity index (χ2v) is 3.67. The highest BCUT2D eigenvalue weighted by Gasteiger charge is 2.51. The first-order valence-corrected chi connectivity index (χ1v) is 3.88. The molecule has 1 fully saturated rings. The summed E-state index contributed by atoms with van der Waals surface area (Å²) in [5.41, 5.74) is -0.516. The molecule has 0 aromatic carbocycles. The van der Waals surface area contributed by atoms with Gasteiger partial charge in [0.05, 0.1) is 11.5 Å². The predicted molar refractivity (Wildman–Crippen MR) is 42.6 cm³/mol. The molecule has 0 aromatic heterocycles. The van der Waals surface area contributed by atoms with Crippen LogP contribution in [-0.4, -0.2) is 34.0 Å². The number of amides is 1. The van der Waals surface area contributed by atoms with E-state index in [1.54, 1.807) is 18.7 Å². The topological polar surface area (TPSA) is 57.6 Å². The molecule has 1 amide bonds. The lowest BCUT2D eigenvalue weighted by Gasteiger charge is -2.52. The molecule has 4 heteroatoms. The zero-order chi connectivity index (χ0) is 9.52. The van der Waals surface area contributed by atoms with Crippen molar-refractivity contribution in [2.75, 3.05) is 6.54 Å². The summed E-state index contributed by atoms with van der Waals surface area (Å²) in [5.74, 6) is -1.30. The fourth-order valence-corrected chi connectivity index (χ4v) is 1.63. The van der Waals surface area contributed by atoms with E-state index in [1.807, 2.05) is 0 Å². The van der Waals surface area contributed by atoms with Gasteiger partial charge in [-0.1, -0.05) is 0 Å². The number of likely N-dealkylation sites (tertiary alicyclic amines) is 1. The van der Waals surface area contributed by atoms with Crippen LogP contribution < -0.4 is 0 Å². The molecule has 0 spiro atoms. The molecular weight excluding hydrogens is 158 g/mol. The summed E-state index contributed by atoms with van der Waals surface area (Å²) in [6.07, 6.45) is 0. The Labute approximate surface area is 71.2 Å². The molecule has 0 bridgehead atoms. The van der Waals surface area contributed by atoms with Crippen molar-refractivity contribution >= 4 is 11.9 Å². The minimum absolute atomic E-state index is 0.0579. The third-order valence-corrected chi connectivity index (χ3v) is 2.59. The van der Waals surface area contributed by atoms with E-state index in [2.05, 4.69) is 0 Å². The zero-order valence-electron chi connectivity index (χ0n) is 7.50. The Hall–Kier alpha value is -1.06. The van der Waals surface area contributed by atoms with Gasteiger partial charge in [0.1, 0.15) is 0 Å². The summed E-state index contributed by atoms with van der Waals surface area (Å²) >= 11 is 0. The van der Waals surface area contributed by atoms with Gasteiger partial charge in [-0.3, -0.25) is 9.59 Å². The van der Waals surface area contributed by atoms with Gasteiger partial charge in [-0.15, -0.1) is 0 Å². The van der Waals surface area contributed by atoms with Crippen molar-refractivity contribution < 1.29 is 14.7 Å². The number of nitrogens with zero attached hydrogens (tertiary/aromatic N) is 1. The molecule has 68 valence electrons. The molecule has 1 aliphatic rings. The van der Waals surface area contributed by atoms with Gasteiger partial charge in [0.25, 0.3) is 0 Å². The SMILES string of the molecule is CC(=O)N1CC(C(=O)O)C1(C)C. The van der Waals surface area contributed by atoms with Crippen LogP contribution in [0.5, 0.6) is 0 Å². The van der Waals surface area contributed by atoms with E-state index in [0.717, 1.165) is 0 Å². The zero-order valence-corrected chi connectivity index (χ0v) is 7.50. The van der Waals surface area contributed by atoms with Gasteiger partial charge in [-0.25, -0.2) is 0 Å². The van der Waals surface area contributed by atoms with Gasteiger partial charge in [0.2, 0.25) is 5.91 Å². The number of hydrogen-bond donors (Lipinski definition) is 1. The lowest BCUT2D eigenvalue weighted by atomic mass is 9.77. The van der Waals surface area contributed by atoms with E-state index in [1.165, 1.54) is 6.92 Å². The summed E-state index contributed by atoms with van der Waals surface area (Å²) in [4.78, 5) is 23.1.